The maximum Gasteiger partial charge on any atom is 0.320 e. The number of benzene rings is 1. The van der Waals surface area contributed by atoms with Gasteiger partial charge in [0.1, 0.15) is 6.04 Å². The lowest BCUT2D eigenvalue weighted by atomic mass is 9.79. The Morgan fingerprint density at radius 2 is 1.90 bits per heavy atom. The zero-order valence-electron chi connectivity index (χ0n) is 12.1. The van der Waals surface area contributed by atoms with Gasteiger partial charge in [-0.05, 0) is 49.3 Å². The van der Waals surface area contributed by atoms with Crippen molar-refractivity contribution in [2.45, 2.75) is 57.0 Å². The van der Waals surface area contributed by atoms with Crippen molar-refractivity contribution >= 4 is 5.97 Å². The van der Waals surface area contributed by atoms with Crippen LogP contribution in [0.2, 0.25) is 0 Å². The van der Waals surface area contributed by atoms with Crippen molar-refractivity contribution in [2.24, 2.45) is 0 Å². The highest BCUT2D eigenvalue weighted by Gasteiger charge is 2.36. The molecule has 0 amide bonds. The van der Waals surface area contributed by atoms with Crippen LogP contribution in [0.15, 0.2) is 24.3 Å². The Kier molecular flexibility index (Phi) is 3.79. The normalized spacial score (nSPS) is 30.8. The van der Waals surface area contributed by atoms with Crippen LogP contribution >= 0.6 is 0 Å². The second-order valence-electron chi connectivity index (χ2n) is 6.21. The Morgan fingerprint density at radius 1 is 1.15 bits per heavy atom. The summed E-state index contributed by atoms with van der Waals surface area (Å²) in [5, 5.41) is 9.50. The number of fused-ring (bicyclic) bond motifs is 1. The SMILES string of the molecule is CC1CCC(N2CCCCC2C(=O)O)c2ccccc21. The van der Waals surface area contributed by atoms with Crippen molar-refractivity contribution in [1.82, 2.24) is 4.90 Å². The van der Waals surface area contributed by atoms with Gasteiger partial charge in [0.25, 0.3) is 0 Å². The highest BCUT2D eigenvalue weighted by atomic mass is 16.4. The summed E-state index contributed by atoms with van der Waals surface area (Å²) in [6.45, 7) is 3.20. The average molecular weight is 273 g/mol. The number of carboxylic acid groups (broad SMARTS) is 1. The van der Waals surface area contributed by atoms with Crippen molar-refractivity contribution in [2.75, 3.05) is 6.54 Å². The summed E-state index contributed by atoms with van der Waals surface area (Å²) in [5.74, 6) is -0.0590. The quantitative estimate of drug-likeness (QED) is 0.895. The Bertz CT molecular complexity index is 500. The minimum atomic E-state index is -0.652. The number of carboxylic acids is 1. The van der Waals surface area contributed by atoms with Crippen molar-refractivity contribution in [3.05, 3.63) is 35.4 Å². The van der Waals surface area contributed by atoms with E-state index in [2.05, 4.69) is 36.1 Å². The van der Waals surface area contributed by atoms with Crippen LogP contribution in [0, 0.1) is 0 Å². The smallest absolute Gasteiger partial charge is 0.320 e. The molecule has 1 aromatic carbocycles. The van der Waals surface area contributed by atoms with Gasteiger partial charge in [-0.25, -0.2) is 0 Å². The molecule has 20 heavy (non-hydrogen) atoms. The first kappa shape index (κ1) is 13.6. The summed E-state index contributed by atoms with van der Waals surface area (Å²) >= 11 is 0. The summed E-state index contributed by atoms with van der Waals surface area (Å²) in [6, 6.07) is 8.60. The van der Waals surface area contributed by atoms with Gasteiger partial charge in [0.2, 0.25) is 0 Å². The zero-order valence-corrected chi connectivity index (χ0v) is 12.1. The van der Waals surface area contributed by atoms with E-state index in [1.54, 1.807) is 0 Å². The molecule has 1 N–H and O–H groups in total. The Labute approximate surface area is 120 Å². The molecule has 1 saturated heterocycles. The van der Waals surface area contributed by atoms with Gasteiger partial charge < -0.3 is 5.11 Å². The molecular weight excluding hydrogens is 250 g/mol. The minimum absolute atomic E-state index is 0.295. The fourth-order valence-corrected chi connectivity index (χ4v) is 3.92. The number of aliphatic carboxylic acids is 1. The van der Waals surface area contributed by atoms with E-state index in [1.807, 2.05) is 0 Å². The van der Waals surface area contributed by atoms with Gasteiger partial charge in [-0.15, -0.1) is 0 Å². The average Bonchev–Trinajstić information content (AvgIpc) is 2.48. The molecule has 1 aliphatic heterocycles. The third-order valence-electron chi connectivity index (χ3n) is 4.99. The first-order valence-corrected chi connectivity index (χ1v) is 7.76. The number of hydrogen-bond donors (Lipinski definition) is 1. The topological polar surface area (TPSA) is 40.5 Å². The number of carbonyl (C=O) groups is 1. The van der Waals surface area contributed by atoms with E-state index in [0.29, 0.717) is 12.0 Å². The van der Waals surface area contributed by atoms with Crippen LogP contribution in [-0.2, 0) is 4.79 Å². The largest absolute Gasteiger partial charge is 0.480 e. The highest BCUT2D eigenvalue weighted by molar-refractivity contribution is 5.73. The monoisotopic (exact) mass is 273 g/mol. The number of likely N-dealkylation sites (tertiary alicyclic amines) is 1. The number of nitrogens with zero attached hydrogens (tertiary/aromatic N) is 1. The molecule has 3 rings (SSSR count). The maximum atomic E-state index is 11.5. The van der Waals surface area contributed by atoms with Gasteiger partial charge >= 0.3 is 5.97 Å². The number of rotatable bonds is 2. The zero-order chi connectivity index (χ0) is 14.1. The predicted octanol–water partition coefficient (Wildman–Crippen LogP) is 3.56. The lowest BCUT2D eigenvalue weighted by molar-refractivity contribution is -0.146. The van der Waals surface area contributed by atoms with Gasteiger partial charge in [0.05, 0.1) is 0 Å². The Hall–Kier alpha value is -1.35. The molecule has 3 heteroatoms. The molecule has 108 valence electrons. The third kappa shape index (κ3) is 2.35. The summed E-state index contributed by atoms with van der Waals surface area (Å²) in [4.78, 5) is 13.8. The van der Waals surface area contributed by atoms with Crippen LogP contribution in [-0.4, -0.2) is 28.6 Å². The molecule has 3 atom stereocenters. The van der Waals surface area contributed by atoms with E-state index in [1.165, 1.54) is 11.1 Å². The third-order valence-corrected chi connectivity index (χ3v) is 4.99. The first-order valence-electron chi connectivity index (χ1n) is 7.76. The molecule has 1 aliphatic carbocycles. The Balaban J connectivity index is 1.93. The molecular formula is C17H23NO2. The first-order chi connectivity index (χ1) is 9.68. The number of hydrogen-bond acceptors (Lipinski definition) is 2. The van der Waals surface area contributed by atoms with Gasteiger partial charge in [0.15, 0.2) is 0 Å². The van der Waals surface area contributed by atoms with Crippen LogP contribution in [0.3, 0.4) is 0 Å². The van der Waals surface area contributed by atoms with Crippen molar-refractivity contribution in [3.8, 4) is 0 Å². The minimum Gasteiger partial charge on any atom is -0.480 e. The second kappa shape index (κ2) is 5.57. The van der Waals surface area contributed by atoms with E-state index in [0.717, 1.165) is 38.6 Å². The standard InChI is InChI=1S/C17H23NO2/c1-12-9-10-15(14-7-3-2-6-13(12)14)18-11-5-4-8-16(18)17(19)20/h2-3,6-7,12,15-16H,4-5,8-11H2,1H3,(H,19,20). The van der Waals surface area contributed by atoms with E-state index in [-0.39, 0.29) is 6.04 Å². The fraction of sp³-hybridized carbons (Fsp3) is 0.588. The van der Waals surface area contributed by atoms with E-state index >= 15 is 0 Å². The maximum absolute atomic E-state index is 11.5. The van der Waals surface area contributed by atoms with Gasteiger partial charge in [-0.3, -0.25) is 9.69 Å². The molecule has 0 radical (unpaired) electrons. The van der Waals surface area contributed by atoms with Crippen LogP contribution in [0.1, 0.15) is 62.1 Å². The lowest BCUT2D eigenvalue weighted by Crippen LogP contribution is -2.47. The molecule has 1 fully saturated rings. The predicted molar refractivity (Wildman–Crippen MR) is 78.8 cm³/mol. The van der Waals surface area contributed by atoms with Crippen LogP contribution < -0.4 is 0 Å². The molecule has 0 spiro atoms. The van der Waals surface area contributed by atoms with Crippen LogP contribution in [0.5, 0.6) is 0 Å². The molecule has 1 aromatic rings. The van der Waals surface area contributed by atoms with Crippen molar-refractivity contribution < 1.29 is 9.90 Å². The fourth-order valence-electron chi connectivity index (χ4n) is 3.92. The second-order valence-corrected chi connectivity index (χ2v) is 6.21. The molecule has 0 aromatic heterocycles. The van der Waals surface area contributed by atoms with Crippen LogP contribution in [0.4, 0.5) is 0 Å². The lowest BCUT2D eigenvalue weighted by Gasteiger charge is -2.42. The Morgan fingerprint density at radius 3 is 2.65 bits per heavy atom. The van der Waals surface area contributed by atoms with Crippen LogP contribution in [0.25, 0.3) is 0 Å². The molecule has 0 bridgehead atoms. The summed E-state index contributed by atoms with van der Waals surface area (Å²) in [6.07, 6.45) is 5.20. The van der Waals surface area contributed by atoms with Gasteiger partial charge in [0, 0.05) is 6.04 Å². The van der Waals surface area contributed by atoms with E-state index in [4.69, 9.17) is 0 Å². The van der Waals surface area contributed by atoms with E-state index in [9.17, 15) is 9.90 Å². The molecule has 1 heterocycles. The molecule has 0 saturated carbocycles. The van der Waals surface area contributed by atoms with Gasteiger partial charge in [-0.1, -0.05) is 37.6 Å². The summed E-state index contributed by atoms with van der Waals surface area (Å²) in [5.41, 5.74) is 2.78. The highest BCUT2D eigenvalue weighted by Crippen LogP contribution is 2.42. The summed E-state index contributed by atoms with van der Waals surface area (Å²) in [7, 11) is 0. The van der Waals surface area contributed by atoms with Crippen molar-refractivity contribution in [1.29, 1.82) is 0 Å². The van der Waals surface area contributed by atoms with Crippen molar-refractivity contribution in [3.63, 3.8) is 0 Å². The van der Waals surface area contributed by atoms with E-state index < -0.39 is 5.97 Å². The molecule has 3 nitrogen and oxygen atoms in total. The number of piperidine rings is 1. The van der Waals surface area contributed by atoms with Gasteiger partial charge in [-0.2, -0.15) is 0 Å². The molecule has 2 aliphatic rings. The summed E-state index contributed by atoms with van der Waals surface area (Å²) < 4.78 is 0. The molecule has 3 unspecified atom stereocenters.